The van der Waals surface area contributed by atoms with Crippen LogP contribution in [-0.2, 0) is 0 Å². The topological polar surface area (TPSA) is 12.0 Å². The van der Waals surface area contributed by atoms with Crippen LogP contribution in [-0.4, -0.2) is 12.6 Å². The molecule has 1 fully saturated rings. The summed E-state index contributed by atoms with van der Waals surface area (Å²) < 4.78 is 0. The maximum atomic E-state index is 3.70. The molecule has 1 aliphatic carbocycles. The SMILES string of the molecule is CC(CNC1CC1c1ccccc1)c1ccccc1. The quantitative estimate of drug-likeness (QED) is 0.849. The highest BCUT2D eigenvalue weighted by molar-refractivity contribution is 5.28. The van der Waals surface area contributed by atoms with E-state index in [-0.39, 0.29) is 0 Å². The first-order valence-corrected chi connectivity index (χ1v) is 7.18. The lowest BCUT2D eigenvalue weighted by molar-refractivity contribution is 0.604. The van der Waals surface area contributed by atoms with Gasteiger partial charge in [0.25, 0.3) is 0 Å². The van der Waals surface area contributed by atoms with Crippen molar-refractivity contribution in [1.29, 1.82) is 0 Å². The predicted octanol–water partition coefficient (Wildman–Crippen LogP) is 3.94. The van der Waals surface area contributed by atoms with Crippen LogP contribution in [0.5, 0.6) is 0 Å². The first-order chi connectivity index (χ1) is 9.34. The monoisotopic (exact) mass is 251 g/mol. The molecule has 1 heteroatoms. The molecule has 0 aromatic heterocycles. The Balaban J connectivity index is 1.50. The third-order valence-electron chi connectivity index (χ3n) is 4.07. The molecule has 1 saturated carbocycles. The molecule has 2 aromatic carbocycles. The average Bonchev–Trinajstić information content (AvgIpc) is 3.26. The lowest BCUT2D eigenvalue weighted by Gasteiger charge is -2.13. The van der Waals surface area contributed by atoms with Crippen LogP contribution in [0.1, 0.15) is 36.3 Å². The summed E-state index contributed by atoms with van der Waals surface area (Å²) in [5.41, 5.74) is 2.90. The Bertz CT molecular complexity index is 506. The van der Waals surface area contributed by atoms with Gasteiger partial charge in [0, 0.05) is 18.5 Å². The van der Waals surface area contributed by atoms with Crippen molar-refractivity contribution in [2.24, 2.45) is 0 Å². The van der Waals surface area contributed by atoms with Crippen LogP contribution < -0.4 is 5.32 Å². The molecule has 2 aromatic rings. The fourth-order valence-corrected chi connectivity index (χ4v) is 2.72. The first-order valence-electron chi connectivity index (χ1n) is 7.18. The molecule has 3 rings (SSSR count). The van der Waals surface area contributed by atoms with Crippen LogP contribution in [0.15, 0.2) is 60.7 Å². The molecule has 0 radical (unpaired) electrons. The van der Waals surface area contributed by atoms with Crippen molar-refractivity contribution >= 4 is 0 Å². The summed E-state index contributed by atoms with van der Waals surface area (Å²) in [6.45, 7) is 3.36. The van der Waals surface area contributed by atoms with Gasteiger partial charge in [-0.15, -0.1) is 0 Å². The lowest BCUT2D eigenvalue weighted by atomic mass is 10.0. The van der Waals surface area contributed by atoms with Crippen molar-refractivity contribution < 1.29 is 0 Å². The fraction of sp³-hybridized carbons (Fsp3) is 0.333. The summed E-state index contributed by atoms with van der Waals surface area (Å²) in [6.07, 6.45) is 1.28. The molecule has 0 spiro atoms. The van der Waals surface area contributed by atoms with E-state index in [1.54, 1.807) is 0 Å². The van der Waals surface area contributed by atoms with Crippen LogP contribution in [0.2, 0.25) is 0 Å². The van der Waals surface area contributed by atoms with E-state index in [9.17, 15) is 0 Å². The third kappa shape index (κ3) is 3.05. The minimum absolute atomic E-state index is 0.582. The zero-order valence-electron chi connectivity index (χ0n) is 11.4. The highest BCUT2D eigenvalue weighted by Crippen LogP contribution is 2.40. The molecule has 1 aliphatic rings. The van der Waals surface area contributed by atoms with E-state index in [0.29, 0.717) is 12.0 Å². The summed E-state index contributed by atoms with van der Waals surface area (Å²) in [6, 6.07) is 22.3. The molecule has 0 amide bonds. The number of nitrogens with one attached hydrogen (secondary N) is 1. The molecule has 0 saturated heterocycles. The Labute approximate surface area is 115 Å². The summed E-state index contributed by atoms with van der Waals surface area (Å²) in [5.74, 6) is 1.31. The van der Waals surface area contributed by atoms with Crippen molar-refractivity contribution in [3.8, 4) is 0 Å². The zero-order valence-corrected chi connectivity index (χ0v) is 11.4. The van der Waals surface area contributed by atoms with Crippen molar-refractivity contribution in [3.05, 3.63) is 71.8 Å². The van der Waals surface area contributed by atoms with Gasteiger partial charge < -0.3 is 5.32 Å². The van der Waals surface area contributed by atoms with E-state index >= 15 is 0 Å². The molecule has 19 heavy (non-hydrogen) atoms. The van der Waals surface area contributed by atoms with Crippen LogP contribution in [0.25, 0.3) is 0 Å². The maximum Gasteiger partial charge on any atom is 0.0143 e. The van der Waals surface area contributed by atoms with Gasteiger partial charge in [0.05, 0.1) is 0 Å². The minimum atomic E-state index is 0.582. The molecular weight excluding hydrogens is 230 g/mol. The first kappa shape index (κ1) is 12.4. The zero-order chi connectivity index (χ0) is 13.1. The van der Waals surface area contributed by atoms with E-state index in [4.69, 9.17) is 0 Å². The standard InChI is InChI=1S/C18H21N/c1-14(15-8-4-2-5-9-15)13-19-18-12-17(18)16-10-6-3-7-11-16/h2-11,14,17-19H,12-13H2,1H3. The van der Waals surface area contributed by atoms with Crippen molar-refractivity contribution in [2.45, 2.75) is 31.2 Å². The Kier molecular flexibility index (Phi) is 3.65. The van der Waals surface area contributed by atoms with Gasteiger partial charge in [0.2, 0.25) is 0 Å². The Morgan fingerprint density at radius 1 is 1.00 bits per heavy atom. The molecular formula is C18H21N. The normalized spacial score (nSPS) is 23.0. The van der Waals surface area contributed by atoms with E-state index in [2.05, 4.69) is 72.9 Å². The van der Waals surface area contributed by atoms with Gasteiger partial charge >= 0.3 is 0 Å². The molecule has 3 unspecified atom stereocenters. The van der Waals surface area contributed by atoms with Gasteiger partial charge in [0.15, 0.2) is 0 Å². The molecule has 1 N–H and O–H groups in total. The largest absolute Gasteiger partial charge is 0.313 e. The van der Waals surface area contributed by atoms with Crippen LogP contribution in [0.4, 0.5) is 0 Å². The van der Waals surface area contributed by atoms with Gasteiger partial charge in [0.1, 0.15) is 0 Å². The van der Waals surface area contributed by atoms with Gasteiger partial charge in [-0.25, -0.2) is 0 Å². The van der Waals surface area contributed by atoms with Crippen molar-refractivity contribution in [1.82, 2.24) is 5.32 Å². The molecule has 3 atom stereocenters. The molecule has 1 nitrogen and oxygen atoms in total. The Morgan fingerprint density at radius 3 is 2.32 bits per heavy atom. The summed E-state index contributed by atoms with van der Waals surface area (Å²) >= 11 is 0. The third-order valence-corrected chi connectivity index (χ3v) is 4.07. The van der Waals surface area contributed by atoms with Crippen LogP contribution in [0.3, 0.4) is 0 Å². The Morgan fingerprint density at radius 2 is 1.63 bits per heavy atom. The second-order valence-corrected chi connectivity index (χ2v) is 5.58. The van der Waals surface area contributed by atoms with Gasteiger partial charge in [-0.2, -0.15) is 0 Å². The maximum absolute atomic E-state index is 3.70. The van der Waals surface area contributed by atoms with E-state index in [1.807, 2.05) is 0 Å². The van der Waals surface area contributed by atoms with E-state index in [0.717, 1.165) is 12.5 Å². The summed E-state index contributed by atoms with van der Waals surface area (Å²) in [5, 5.41) is 3.70. The molecule has 0 heterocycles. The second kappa shape index (κ2) is 5.58. The van der Waals surface area contributed by atoms with Gasteiger partial charge in [-0.05, 0) is 23.5 Å². The molecule has 0 bridgehead atoms. The average molecular weight is 251 g/mol. The van der Waals surface area contributed by atoms with E-state index in [1.165, 1.54) is 17.5 Å². The number of benzene rings is 2. The predicted molar refractivity (Wildman–Crippen MR) is 80.4 cm³/mol. The van der Waals surface area contributed by atoms with Crippen molar-refractivity contribution in [3.63, 3.8) is 0 Å². The highest BCUT2D eigenvalue weighted by Gasteiger charge is 2.37. The second-order valence-electron chi connectivity index (χ2n) is 5.58. The number of rotatable bonds is 5. The van der Waals surface area contributed by atoms with Gasteiger partial charge in [-0.3, -0.25) is 0 Å². The summed E-state index contributed by atoms with van der Waals surface area (Å²) in [4.78, 5) is 0. The Hall–Kier alpha value is -1.60. The number of hydrogen-bond donors (Lipinski definition) is 1. The highest BCUT2D eigenvalue weighted by atomic mass is 15.0. The van der Waals surface area contributed by atoms with Crippen LogP contribution >= 0.6 is 0 Å². The smallest absolute Gasteiger partial charge is 0.0143 e. The van der Waals surface area contributed by atoms with E-state index < -0.39 is 0 Å². The van der Waals surface area contributed by atoms with Gasteiger partial charge in [-0.1, -0.05) is 67.6 Å². The van der Waals surface area contributed by atoms with Crippen molar-refractivity contribution in [2.75, 3.05) is 6.54 Å². The van der Waals surface area contributed by atoms with Crippen LogP contribution in [0, 0.1) is 0 Å². The molecule has 0 aliphatic heterocycles. The number of hydrogen-bond acceptors (Lipinski definition) is 1. The summed E-state index contributed by atoms with van der Waals surface area (Å²) in [7, 11) is 0. The molecule has 98 valence electrons. The minimum Gasteiger partial charge on any atom is -0.313 e. The lowest BCUT2D eigenvalue weighted by Crippen LogP contribution is -2.23. The fourth-order valence-electron chi connectivity index (χ4n) is 2.72.